The van der Waals surface area contributed by atoms with Crippen LogP contribution in [-0.4, -0.2) is 16.0 Å². The number of fused-ring (bicyclic) bond motifs is 1. The van der Waals surface area contributed by atoms with Crippen molar-refractivity contribution in [3.63, 3.8) is 0 Å². The van der Waals surface area contributed by atoms with Crippen LogP contribution in [0.25, 0.3) is 11.0 Å². The van der Waals surface area contributed by atoms with Gasteiger partial charge in [-0.3, -0.25) is 0 Å². The summed E-state index contributed by atoms with van der Waals surface area (Å²) < 4.78 is 0. The van der Waals surface area contributed by atoms with Gasteiger partial charge in [0.1, 0.15) is 0 Å². The van der Waals surface area contributed by atoms with E-state index in [1.165, 1.54) is 5.56 Å². The van der Waals surface area contributed by atoms with Crippen LogP contribution in [0.2, 0.25) is 0 Å². The van der Waals surface area contributed by atoms with Gasteiger partial charge in [0, 0.05) is 12.1 Å². The molecule has 1 heterocycles. The van der Waals surface area contributed by atoms with Crippen molar-refractivity contribution in [2.24, 2.45) is 0 Å². The number of aromatic amines is 2. The number of hydrogen-bond donors (Lipinski definition) is 3. The number of allylic oxidation sites excluding steroid dienone is 1. The molecule has 2 aromatic rings. The van der Waals surface area contributed by atoms with Crippen LogP contribution in [0.15, 0.2) is 35.6 Å². The van der Waals surface area contributed by atoms with Gasteiger partial charge < -0.3 is 15.3 Å². The summed E-state index contributed by atoms with van der Waals surface area (Å²) in [6.45, 7) is 8.05. The lowest BCUT2D eigenvalue weighted by Crippen LogP contribution is -2.28. The monoisotopic (exact) mass is 259 g/mol. The fourth-order valence-corrected chi connectivity index (χ4v) is 2.29. The minimum Gasteiger partial charge on any atom is -0.308 e. The third-order valence-electron chi connectivity index (χ3n) is 3.38. The van der Waals surface area contributed by atoms with E-state index >= 15 is 0 Å². The number of hydrogen-bond acceptors (Lipinski definition) is 2. The average Bonchev–Trinajstić information content (AvgIpc) is 2.75. The van der Waals surface area contributed by atoms with E-state index in [2.05, 4.69) is 35.7 Å². The van der Waals surface area contributed by atoms with Gasteiger partial charge in [0.25, 0.3) is 0 Å². The molecule has 2 rings (SSSR count). The largest absolute Gasteiger partial charge is 0.323 e. The second-order valence-corrected chi connectivity index (χ2v) is 5.04. The van der Waals surface area contributed by atoms with Crippen LogP contribution in [0, 0.1) is 0 Å². The topological polar surface area (TPSA) is 60.7 Å². The normalized spacial score (nSPS) is 14.4. The van der Waals surface area contributed by atoms with Gasteiger partial charge >= 0.3 is 5.69 Å². The Labute approximate surface area is 112 Å². The van der Waals surface area contributed by atoms with E-state index < -0.39 is 0 Å². The van der Waals surface area contributed by atoms with Gasteiger partial charge in [0.15, 0.2) is 0 Å². The van der Waals surface area contributed by atoms with Crippen molar-refractivity contribution in [3.8, 4) is 0 Å². The Kier molecular flexibility index (Phi) is 4.22. The van der Waals surface area contributed by atoms with Gasteiger partial charge in [-0.1, -0.05) is 12.1 Å². The van der Waals surface area contributed by atoms with E-state index in [1.807, 2.05) is 24.3 Å². The zero-order chi connectivity index (χ0) is 13.8. The molecule has 3 N–H and O–H groups in total. The molecule has 1 aromatic carbocycles. The quantitative estimate of drug-likeness (QED) is 0.699. The van der Waals surface area contributed by atoms with Crippen LogP contribution in [-0.2, 0) is 0 Å². The fraction of sp³-hybridized carbons (Fsp3) is 0.400. The highest BCUT2D eigenvalue weighted by Gasteiger charge is 2.10. The van der Waals surface area contributed by atoms with Crippen LogP contribution < -0.4 is 11.0 Å². The average molecular weight is 259 g/mol. The third kappa shape index (κ3) is 3.35. The summed E-state index contributed by atoms with van der Waals surface area (Å²) in [5.74, 6) is 0. The number of aromatic nitrogens is 2. The first-order valence-corrected chi connectivity index (χ1v) is 6.69. The number of nitrogens with one attached hydrogen (secondary N) is 3. The summed E-state index contributed by atoms with van der Waals surface area (Å²) in [4.78, 5) is 16.8. The number of benzene rings is 1. The molecule has 0 aliphatic rings. The molecular weight excluding hydrogens is 238 g/mol. The van der Waals surface area contributed by atoms with E-state index in [0.717, 1.165) is 23.9 Å². The maximum absolute atomic E-state index is 11.2. The molecule has 4 nitrogen and oxygen atoms in total. The van der Waals surface area contributed by atoms with Crippen molar-refractivity contribution >= 4 is 11.0 Å². The maximum atomic E-state index is 11.2. The van der Waals surface area contributed by atoms with E-state index in [-0.39, 0.29) is 11.7 Å². The second kappa shape index (κ2) is 5.89. The lowest BCUT2D eigenvalue weighted by Gasteiger charge is -2.20. The third-order valence-corrected chi connectivity index (χ3v) is 3.38. The molecule has 2 atom stereocenters. The highest BCUT2D eigenvalue weighted by molar-refractivity contribution is 5.75. The van der Waals surface area contributed by atoms with E-state index in [9.17, 15) is 4.79 Å². The Balaban J connectivity index is 2.09. The van der Waals surface area contributed by atoms with E-state index in [0.29, 0.717) is 6.04 Å². The summed E-state index contributed by atoms with van der Waals surface area (Å²) in [5, 5.41) is 3.55. The Bertz CT molecular complexity index is 611. The molecule has 0 bridgehead atoms. The zero-order valence-electron chi connectivity index (χ0n) is 11.5. The summed E-state index contributed by atoms with van der Waals surface area (Å²) in [6.07, 6.45) is 4.04. The van der Waals surface area contributed by atoms with E-state index in [4.69, 9.17) is 0 Å². The molecule has 0 aliphatic carbocycles. The van der Waals surface area contributed by atoms with Crippen molar-refractivity contribution in [1.29, 1.82) is 0 Å². The second-order valence-electron chi connectivity index (χ2n) is 5.04. The highest BCUT2D eigenvalue weighted by Crippen LogP contribution is 2.18. The molecule has 102 valence electrons. The number of H-pyrrole nitrogens is 2. The van der Waals surface area contributed by atoms with Crippen LogP contribution in [0.1, 0.15) is 38.3 Å². The van der Waals surface area contributed by atoms with Crippen LogP contribution in [0.5, 0.6) is 0 Å². The molecule has 0 radical (unpaired) electrons. The minimum atomic E-state index is -0.160. The molecule has 0 spiro atoms. The molecular formula is C15H21N3O. The Morgan fingerprint density at radius 1 is 1.32 bits per heavy atom. The number of imidazole rings is 1. The van der Waals surface area contributed by atoms with Gasteiger partial charge in [-0.15, -0.1) is 6.58 Å². The molecule has 0 aliphatic heterocycles. The molecule has 4 heteroatoms. The summed E-state index contributed by atoms with van der Waals surface area (Å²) in [7, 11) is 0. The molecule has 19 heavy (non-hydrogen) atoms. The lowest BCUT2D eigenvalue weighted by atomic mass is 10.1. The van der Waals surface area contributed by atoms with Gasteiger partial charge in [-0.25, -0.2) is 4.79 Å². The van der Waals surface area contributed by atoms with Gasteiger partial charge in [-0.2, -0.15) is 0 Å². The van der Waals surface area contributed by atoms with Gasteiger partial charge in [-0.05, 0) is 44.4 Å². The van der Waals surface area contributed by atoms with Crippen LogP contribution >= 0.6 is 0 Å². The zero-order valence-corrected chi connectivity index (χ0v) is 11.5. The first kappa shape index (κ1) is 13.6. The smallest absolute Gasteiger partial charge is 0.308 e. The Morgan fingerprint density at radius 2 is 2.05 bits per heavy atom. The molecule has 0 fully saturated rings. The highest BCUT2D eigenvalue weighted by atomic mass is 16.1. The first-order chi connectivity index (χ1) is 9.10. The first-order valence-electron chi connectivity index (χ1n) is 6.69. The van der Waals surface area contributed by atoms with Gasteiger partial charge in [0.2, 0.25) is 0 Å². The van der Waals surface area contributed by atoms with Crippen LogP contribution in [0.4, 0.5) is 0 Å². The summed E-state index contributed by atoms with van der Waals surface area (Å²) in [6, 6.07) is 6.70. The SMILES string of the molecule is C=CCCC(C)NC(C)c1ccc2[nH]c(=O)[nH]c2c1. The summed E-state index contributed by atoms with van der Waals surface area (Å²) >= 11 is 0. The minimum absolute atomic E-state index is 0.160. The van der Waals surface area contributed by atoms with Crippen molar-refractivity contribution < 1.29 is 0 Å². The van der Waals surface area contributed by atoms with E-state index in [1.54, 1.807) is 0 Å². The Morgan fingerprint density at radius 3 is 2.79 bits per heavy atom. The molecule has 2 unspecified atom stereocenters. The predicted octanol–water partition coefficient (Wildman–Crippen LogP) is 2.86. The molecule has 0 amide bonds. The van der Waals surface area contributed by atoms with Gasteiger partial charge in [0.05, 0.1) is 11.0 Å². The number of rotatable bonds is 6. The lowest BCUT2D eigenvalue weighted by molar-refractivity contribution is 0.459. The maximum Gasteiger partial charge on any atom is 0.323 e. The predicted molar refractivity (Wildman–Crippen MR) is 79.4 cm³/mol. The van der Waals surface area contributed by atoms with Crippen molar-refractivity contribution in [3.05, 3.63) is 46.9 Å². The molecule has 0 saturated heterocycles. The standard InChI is InChI=1S/C15H21N3O/c1-4-5-6-10(2)16-11(3)12-7-8-13-14(9-12)18-15(19)17-13/h4,7-11,16H,1,5-6H2,2-3H3,(H2,17,18,19). The fourth-order valence-electron chi connectivity index (χ4n) is 2.29. The Hall–Kier alpha value is -1.81. The summed E-state index contributed by atoms with van der Waals surface area (Å²) in [5.41, 5.74) is 2.72. The molecule has 0 saturated carbocycles. The van der Waals surface area contributed by atoms with Crippen molar-refractivity contribution in [2.45, 2.75) is 38.8 Å². The molecule has 1 aromatic heterocycles. The van der Waals surface area contributed by atoms with Crippen molar-refractivity contribution in [1.82, 2.24) is 15.3 Å². The van der Waals surface area contributed by atoms with Crippen LogP contribution in [0.3, 0.4) is 0 Å². The van der Waals surface area contributed by atoms with Crippen molar-refractivity contribution in [2.75, 3.05) is 0 Å².